The minimum atomic E-state index is -1.72. The van der Waals surface area contributed by atoms with Crippen LogP contribution in [0.2, 0.25) is 0 Å². The maximum absolute atomic E-state index is 15.9. The van der Waals surface area contributed by atoms with E-state index in [-0.39, 0.29) is 29.9 Å². The fourth-order valence-electron chi connectivity index (χ4n) is 6.43. The Bertz CT molecular complexity index is 1790. The molecule has 14 heteroatoms. The highest BCUT2D eigenvalue weighted by Crippen LogP contribution is 2.39. The van der Waals surface area contributed by atoms with Gasteiger partial charge in [0.05, 0.1) is 20.8 Å². The molecule has 0 bridgehead atoms. The first-order valence-electron chi connectivity index (χ1n) is 19.7. The molecule has 0 unspecified atom stereocenters. The molecule has 1 aliphatic rings. The van der Waals surface area contributed by atoms with E-state index in [0.29, 0.717) is 29.0 Å². The molecule has 3 rings (SSSR count). The van der Waals surface area contributed by atoms with Crippen molar-refractivity contribution in [2.24, 2.45) is 11.3 Å². The maximum Gasteiger partial charge on any atom is 0.417 e. The summed E-state index contributed by atoms with van der Waals surface area (Å²) >= 11 is 0. The number of unbranched alkanes of at least 4 members (excludes halogenated alkanes) is 2. The van der Waals surface area contributed by atoms with Crippen LogP contribution in [0.25, 0.3) is 11.1 Å². The van der Waals surface area contributed by atoms with Crippen molar-refractivity contribution in [3.8, 4) is 16.9 Å². The number of methoxy groups -OCH3 is 2. The van der Waals surface area contributed by atoms with Crippen LogP contribution < -0.4 is 4.74 Å². The molecule has 321 valence electrons. The average Bonchev–Trinajstić information content (AvgIpc) is 3.23. The summed E-state index contributed by atoms with van der Waals surface area (Å²) in [7, 11) is 1.94. The minimum absolute atomic E-state index is 0.0206. The second kappa shape index (κ2) is 23.8. The van der Waals surface area contributed by atoms with Crippen molar-refractivity contribution in [1.29, 1.82) is 0 Å². The van der Waals surface area contributed by atoms with Gasteiger partial charge in [-0.15, -0.1) is 0 Å². The number of hydrogen-bond acceptors (Lipinski definition) is 13. The molecule has 0 atom stereocenters. The lowest BCUT2D eigenvalue weighted by Gasteiger charge is -2.32. The van der Waals surface area contributed by atoms with E-state index in [2.05, 4.69) is 29.6 Å². The van der Waals surface area contributed by atoms with Gasteiger partial charge in [-0.3, -0.25) is 0 Å². The van der Waals surface area contributed by atoms with E-state index in [4.69, 9.17) is 23.7 Å². The van der Waals surface area contributed by atoms with Gasteiger partial charge in [0.2, 0.25) is 0 Å². The number of ether oxygens (including phenoxy) is 7. The molecule has 1 fully saturated rings. The van der Waals surface area contributed by atoms with E-state index in [9.17, 15) is 28.8 Å². The van der Waals surface area contributed by atoms with Gasteiger partial charge in [-0.25, -0.2) is 33.2 Å². The maximum atomic E-state index is 15.9. The minimum Gasteiger partial charge on any atom is -0.492 e. The van der Waals surface area contributed by atoms with Crippen LogP contribution in [0.5, 0.6) is 5.75 Å². The quantitative estimate of drug-likeness (QED) is 0.0410. The molecule has 2 aromatic carbocycles. The summed E-state index contributed by atoms with van der Waals surface area (Å²) in [6.07, 6.45) is 9.63. The lowest BCUT2D eigenvalue weighted by Crippen LogP contribution is -2.45. The van der Waals surface area contributed by atoms with Crippen LogP contribution in [0.15, 0.2) is 60.7 Å². The van der Waals surface area contributed by atoms with E-state index >= 15 is 4.39 Å². The van der Waals surface area contributed by atoms with Crippen LogP contribution in [0.3, 0.4) is 0 Å². The molecule has 0 aliphatic heterocycles. The normalized spacial score (nSPS) is 13.1. The van der Waals surface area contributed by atoms with Gasteiger partial charge < -0.3 is 33.2 Å². The van der Waals surface area contributed by atoms with E-state index in [0.717, 1.165) is 45.5 Å². The van der Waals surface area contributed by atoms with Crippen LogP contribution in [0.4, 0.5) is 4.39 Å². The summed E-state index contributed by atoms with van der Waals surface area (Å²) in [5, 5.41) is 0. The molecule has 13 nitrogen and oxygen atoms in total. The largest absolute Gasteiger partial charge is 0.492 e. The van der Waals surface area contributed by atoms with E-state index in [1.165, 1.54) is 45.4 Å². The lowest BCUT2D eigenvalue weighted by atomic mass is 9.77. The lowest BCUT2D eigenvalue weighted by molar-refractivity contribution is -0.177. The topological polar surface area (TPSA) is 167 Å². The zero-order chi connectivity index (χ0) is 43.5. The fraction of sp³-hybridized carbons (Fsp3) is 0.489. The van der Waals surface area contributed by atoms with Crippen molar-refractivity contribution in [2.75, 3.05) is 47.3 Å². The molecule has 0 saturated heterocycles. The van der Waals surface area contributed by atoms with Crippen LogP contribution in [-0.2, 0) is 63.6 Å². The Morgan fingerprint density at radius 2 is 1.25 bits per heavy atom. The predicted molar refractivity (Wildman–Crippen MR) is 214 cm³/mol. The predicted octanol–water partition coefficient (Wildman–Crippen LogP) is 7.15. The molecule has 0 heterocycles. The highest BCUT2D eigenvalue weighted by Gasteiger charge is 2.39. The molecular formula is C45H56FO13. The highest BCUT2D eigenvalue weighted by molar-refractivity contribution is 6.30. The third-order valence-corrected chi connectivity index (χ3v) is 9.96. The van der Waals surface area contributed by atoms with E-state index in [1.807, 2.05) is 6.07 Å². The van der Waals surface area contributed by atoms with E-state index in [1.54, 1.807) is 30.3 Å². The van der Waals surface area contributed by atoms with Gasteiger partial charge in [0.15, 0.2) is 0 Å². The smallest absolute Gasteiger partial charge is 0.417 e. The Morgan fingerprint density at radius 3 is 1.80 bits per heavy atom. The second-order valence-corrected chi connectivity index (χ2v) is 14.9. The monoisotopic (exact) mass is 823 g/mol. The molecule has 0 amide bonds. The van der Waals surface area contributed by atoms with Crippen molar-refractivity contribution in [2.45, 2.75) is 85.0 Å². The SMILES string of the molecule is C=C(C)C(=O)OCCCc1cc(-c2ccc([C]3CCC(CCCCC)CC3)cc2F)ccc1OCC(COC(=O)C(=C)C)(COC(=O)C(=O)OC)COC(=O)C(=O)OC. The van der Waals surface area contributed by atoms with Crippen LogP contribution >= 0.6 is 0 Å². The Kier molecular flexibility index (Phi) is 19.3. The standard InChI is InChI=1S/C45H56FO13/c1-8-9-10-12-31-14-16-32(17-15-31)33-18-20-36(37(46)24-33)34-19-21-38(35(23-34)13-11-22-55-39(47)29(2)3)56-25-45(26-57-40(48)30(4)5,27-58-43(51)41(49)53-6)28-59-44(52)42(50)54-7/h18-21,23-24,31H,2,4,8-17,22,25-28H2,1,3,5-7H3. The molecule has 2 aromatic rings. The van der Waals surface area contributed by atoms with Gasteiger partial charge in [0, 0.05) is 22.6 Å². The molecule has 0 aromatic heterocycles. The summed E-state index contributed by atoms with van der Waals surface area (Å²) in [5.41, 5.74) is 0.876. The molecule has 0 spiro atoms. The number of rotatable bonds is 21. The van der Waals surface area contributed by atoms with Gasteiger partial charge >= 0.3 is 35.8 Å². The van der Waals surface area contributed by atoms with Crippen molar-refractivity contribution in [3.05, 3.63) is 83.6 Å². The third-order valence-electron chi connectivity index (χ3n) is 9.96. The zero-order valence-corrected chi connectivity index (χ0v) is 34.7. The van der Waals surface area contributed by atoms with Crippen molar-refractivity contribution >= 4 is 35.8 Å². The molecule has 0 N–H and O–H groups in total. The fourth-order valence-corrected chi connectivity index (χ4v) is 6.43. The summed E-state index contributed by atoms with van der Waals surface area (Å²) < 4.78 is 52.1. The first-order valence-corrected chi connectivity index (χ1v) is 19.7. The van der Waals surface area contributed by atoms with Gasteiger partial charge in [0.1, 0.15) is 43.4 Å². The Hall–Kier alpha value is -5.53. The number of benzene rings is 2. The first-order chi connectivity index (χ1) is 28.1. The summed E-state index contributed by atoms with van der Waals surface area (Å²) in [4.78, 5) is 73.1. The molecule has 59 heavy (non-hydrogen) atoms. The van der Waals surface area contributed by atoms with Gasteiger partial charge in [-0.1, -0.05) is 64.0 Å². The van der Waals surface area contributed by atoms with Crippen molar-refractivity contribution in [1.82, 2.24) is 0 Å². The first kappa shape index (κ1) is 47.8. The Labute approximate surface area is 345 Å². The summed E-state index contributed by atoms with van der Waals surface area (Å²) in [6, 6.07) is 10.3. The molecule has 1 saturated carbocycles. The third kappa shape index (κ3) is 15.0. The Balaban J connectivity index is 1.96. The van der Waals surface area contributed by atoms with Crippen LogP contribution in [0.1, 0.15) is 89.7 Å². The summed E-state index contributed by atoms with van der Waals surface area (Å²) in [5.74, 6) is -5.07. The average molecular weight is 824 g/mol. The number of aryl methyl sites for hydroxylation is 1. The molecule has 1 aliphatic carbocycles. The number of hydrogen-bond donors (Lipinski definition) is 0. The summed E-state index contributed by atoms with van der Waals surface area (Å²) in [6.45, 7) is 9.76. The molecule has 1 radical (unpaired) electrons. The van der Waals surface area contributed by atoms with Crippen molar-refractivity contribution in [3.63, 3.8) is 0 Å². The van der Waals surface area contributed by atoms with Gasteiger partial charge in [-0.05, 0) is 93.2 Å². The zero-order valence-electron chi connectivity index (χ0n) is 34.7. The van der Waals surface area contributed by atoms with Crippen molar-refractivity contribution < 1.29 is 66.3 Å². The van der Waals surface area contributed by atoms with Crippen LogP contribution in [0, 0.1) is 23.1 Å². The van der Waals surface area contributed by atoms with Gasteiger partial charge in [-0.2, -0.15) is 0 Å². The Morgan fingerprint density at radius 1 is 0.695 bits per heavy atom. The van der Waals surface area contributed by atoms with Gasteiger partial charge in [0.25, 0.3) is 0 Å². The van der Waals surface area contributed by atoms with E-state index < -0.39 is 73.5 Å². The number of halogens is 1. The molecular weight excluding hydrogens is 767 g/mol. The number of carbonyl (C=O) groups is 6. The highest BCUT2D eigenvalue weighted by atomic mass is 19.1. The number of carbonyl (C=O) groups excluding carboxylic acids is 6. The van der Waals surface area contributed by atoms with Crippen LogP contribution in [-0.4, -0.2) is 83.1 Å². The second-order valence-electron chi connectivity index (χ2n) is 14.9. The number of esters is 6.